The normalized spacial score (nSPS) is 44.1. The highest BCUT2D eigenvalue weighted by molar-refractivity contribution is 5.87. The number of carboxylic acids is 1. The average molecular weight is 451 g/mol. The van der Waals surface area contributed by atoms with Crippen molar-refractivity contribution in [2.45, 2.75) is 83.3 Å². The predicted octanol–water partition coefficient (Wildman–Crippen LogP) is 5.53. The number of rotatable bonds is 2. The Kier molecular flexibility index (Phi) is 5.66. The van der Waals surface area contributed by atoms with Crippen LogP contribution in [-0.4, -0.2) is 35.0 Å². The maximum atomic E-state index is 11.4. The summed E-state index contributed by atoms with van der Waals surface area (Å²) in [6.07, 6.45) is 10.5. The summed E-state index contributed by atoms with van der Waals surface area (Å²) in [6.45, 7) is 5.00. The van der Waals surface area contributed by atoms with Crippen molar-refractivity contribution in [3.63, 3.8) is 0 Å². The van der Waals surface area contributed by atoms with Crippen molar-refractivity contribution in [1.29, 1.82) is 0 Å². The van der Waals surface area contributed by atoms with Crippen LogP contribution in [-0.2, 0) is 4.74 Å². The molecule has 4 heteroatoms. The van der Waals surface area contributed by atoms with Gasteiger partial charge in [0.05, 0.1) is 11.7 Å². The summed E-state index contributed by atoms with van der Waals surface area (Å²) in [6, 6.07) is 6.60. The molecule has 0 saturated heterocycles. The van der Waals surface area contributed by atoms with Gasteiger partial charge in [-0.2, -0.15) is 0 Å². The van der Waals surface area contributed by atoms with Crippen LogP contribution in [0.3, 0.4) is 0 Å². The SMILES string of the molecule is CO[C@H]1CC[C@H]2[C@@H]3CC[C@H]4C[C@@](O)(C#Cc5ccc(C(=O)O)cc5)CC[C@]4(C)[C@H]3CC[C@]12C. The lowest BCUT2D eigenvalue weighted by molar-refractivity contribution is -0.146. The first kappa shape index (κ1) is 22.9. The lowest BCUT2D eigenvalue weighted by atomic mass is 9.44. The van der Waals surface area contributed by atoms with E-state index < -0.39 is 11.6 Å². The molecule has 4 nitrogen and oxygen atoms in total. The molecule has 0 unspecified atom stereocenters. The summed E-state index contributed by atoms with van der Waals surface area (Å²) >= 11 is 0. The fourth-order valence-electron chi connectivity index (χ4n) is 8.58. The van der Waals surface area contributed by atoms with Crippen LogP contribution in [0.15, 0.2) is 24.3 Å². The first-order valence-corrected chi connectivity index (χ1v) is 12.8. The Bertz CT molecular complexity index is 974. The number of aliphatic hydroxyl groups is 1. The molecule has 0 aliphatic heterocycles. The summed E-state index contributed by atoms with van der Waals surface area (Å²) in [7, 11) is 1.89. The third-order valence-electron chi connectivity index (χ3n) is 10.5. The molecule has 0 heterocycles. The standard InChI is InChI=1S/C29H38O4/c1-27-16-17-29(32,15-12-19-4-6-20(7-5-19)26(30)31)18-21(27)8-9-22-23-10-11-25(33-3)28(23,2)14-13-24(22)27/h4-7,21-25,32H,8-11,13-14,16-18H2,1-3H3,(H,30,31)/t21-,22-,23-,24-,25-,27-,28-,29+/m0/s1. The topological polar surface area (TPSA) is 66.8 Å². The van der Waals surface area contributed by atoms with E-state index in [1.165, 1.54) is 38.5 Å². The molecule has 4 aliphatic rings. The monoisotopic (exact) mass is 450 g/mol. The molecule has 0 bridgehead atoms. The van der Waals surface area contributed by atoms with E-state index in [1.54, 1.807) is 24.3 Å². The highest BCUT2D eigenvalue weighted by Gasteiger charge is 2.61. The van der Waals surface area contributed by atoms with Gasteiger partial charge in [-0.15, -0.1) is 0 Å². The van der Waals surface area contributed by atoms with E-state index in [4.69, 9.17) is 9.84 Å². The minimum Gasteiger partial charge on any atom is -0.478 e. The molecule has 4 saturated carbocycles. The fraction of sp³-hybridized carbons (Fsp3) is 0.690. The van der Waals surface area contributed by atoms with Gasteiger partial charge in [-0.25, -0.2) is 4.79 Å². The molecule has 0 aromatic heterocycles. The number of aromatic carboxylic acids is 1. The number of ether oxygens (including phenoxy) is 1. The van der Waals surface area contributed by atoms with E-state index in [1.807, 2.05) is 7.11 Å². The van der Waals surface area contributed by atoms with Crippen molar-refractivity contribution in [2.24, 2.45) is 34.5 Å². The zero-order chi connectivity index (χ0) is 23.4. The number of fused-ring (bicyclic) bond motifs is 5. The number of hydrogen-bond donors (Lipinski definition) is 2. The van der Waals surface area contributed by atoms with E-state index in [2.05, 4.69) is 25.7 Å². The molecule has 1 aromatic carbocycles. The summed E-state index contributed by atoms with van der Waals surface area (Å²) in [5, 5.41) is 20.5. The maximum Gasteiger partial charge on any atom is 0.335 e. The van der Waals surface area contributed by atoms with Gasteiger partial charge in [0, 0.05) is 12.7 Å². The van der Waals surface area contributed by atoms with Crippen molar-refractivity contribution in [3.05, 3.63) is 35.4 Å². The molecule has 0 radical (unpaired) electrons. The van der Waals surface area contributed by atoms with Crippen LogP contribution < -0.4 is 0 Å². The van der Waals surface area contributed by atoms with Gasteiger partial charge in [0.2, 0.25) is 0 Å². The van der Waals surface area contributed by atoms with Crippen LogP contribution in [0.4, 0.5) is 0 Å². The van der Waals surface area contributed by atoms with Gasteiger partial charge < -0.3 is 14.9 Å². The van der Waals surface area contributed by atoms with Crippen molar-refractivity contribution in [2.75, 3.05) is 7.11 Å². The van der Waals surface area contributed by atoms with E-state index in [9.17, 15) is 9.90 Å². The Labute approximate surface area is 198 Å². The van der Waals surface area contributed by atoms with Crippen LogP contribution in [0.2, 0.25) is 0 Å². The van der Waals surface area contributed by atoms with Crippen LogP contribution in [0.1, 0.15) is 87.6 Å². The molecule has 4 fully saturated rings. The Morgan fingerprint density at radius 3 is 2.39 bits per heavy atom. The highest BCUT2D eigenvalue weighted by Crippen LogP contribution is 2.67. The van der Waals surface area contributed by atoms with Gasteiger partial charge in [0.25, 0.3) is 0 Å². The molecule has 1 aromatic rings. The van der Waals surface area contributed by atoms with Gasteiger partial charge in [0.1, 0.15) is 5.60 Å². The lowest BCUT2D eigenvalue weighted by Crippen LogP contribution is -2.56. The van der Waals surface area contributed by atoms with Gasteiger partial charge in [-0.05, 0) is 117 Å². The summed E-state index contributed by atoms with van der Waals surface area (Å²) in [4.78, 5) is 11.1. The van der Waals surface area contributed by atoms with Crippen LogP contribution >= 0.6 is 0 Å². The molecular formula is C29H38O4. The molecule has 8 atom stereocenters. The summed E-state index contributed by atoms with van der Waals surface area (Å²) in [5.74, 6) is 8.23. The largest absolute Gasteiger partial charge is 0.478 e. The van der Waals surface area contributed by atoms with Crippen molar-refractivity contribution in [1.82, 2.24) is 0 Å². The minimum atomic E-state index is -0.944. The predicted molar refractivity (Wildman–Crippen MR) is 128 cm³/mol. The van der Waals surface area contributed by atoms with Crippen molar-refractivity contribution < 1.29 is 19.7 Å². The molecule has 5 rings (SSSR count). The first-order chi connectivity index (χ1) is 15.7. The Hall–Kier alpha value is -1.83. The molecule has 2 N–H and O–H groups in total. The van der Waals surface area contributed by atoms with E-state index in [-0.39, 0.29) is 5.56 Å². The molecule has 4 aliphatic carbocycles. The highest BCUT2D eigenvalue weighted by atomic mass is 16.5. The number of methoxy groups -OCH3 is 1. The zero-order valence-electron chi connectivity index (χ0n) is 20.3. The third-order valence-corrected chi connectivity index (χ3v) is 10.5. The number of hydrogen-bond acceptors (Lipinski definition) is 3. The molecule has 33 heavy (non-hydrogen) atoms. The zero-order valence-corrected chi connectivity index (χ0v) is 20.3. The Morgan fingerprint density at radius 1 is 0.970 bits per heavy atom. The average Bonchev–Trinajstić information content (AvgIpc) is 3.15. The number of carboxylic acid groups (broad SMARTS) is 1. The first-order valence-electron chi connectivity index (χ1n) is 12.8. The second kappa shape index (κ2) is 8.14. The second-order valence-electron chi connectivity index (χ2n) is 11.9. The van der Waals surface area contributed by atoms with Gasteiger partial charge in [-0.1, -0.05) is 25.7 Å². The summed E-state index contributed by atoms with van der Waals surface area (Å²) in [5.41, 5.74) is 0.709. The Morgan fingerprint density at radius 2 is 1.70 bits per heavy atom. The number of carbonyl (C=O) groups is 1. The van der Waals surface area contributed by atoms with Crippen molar-refractivity contribution >= 4 is 5.97 Å². The van der Waals surface area contributed by atoms with Gasteiger partial charge >= 0.3 is 5.97 Å². The second-order valence-corrected chi connectivity index (χ2v) is 11.9. The number of benzene rings is 1. The lowest BCUT2D eigenvalue weighted by Gasteiger charge is -2.61. The van der Waals surface area contributed by atoms with Crippen LogP contribution in [0.5, 0.6) is 0 Å². The van der Waals surface area contributed by atoms with Gasteiger partial charge in [0.15, 0.2) is 0 Å². The van der Waals surface area contributed by atoms with Crippen LogP contribution in [0.25, 0.3) is 0 Å². The fourth-order valence-corrected chi connectivity index (χ4v) is 8.58. The molecule has 0 spiro atoms. The smallest absolute Gasteiger partial charge is 0.335 e. The molecule has 178 valence electrons. The quantitative estimate of drug-likeness (QED) is 0.582. The molecular weight excluding hydrogens is 412 g/mol. The third kappa shape index (κ3) is 3.72. The molecule has 0 amide bonds. The minimum absolute atomic E-state index is 0.257. The van der Waals surface area contributed by atoms with E-state index >= 15 is 0 Å². The van der Waals surface area contributed by atoms with Crippen molar-refractivity contribution in [3.8, 4) is 11.8 Å². The van der Waals surface area contributed by atoms with Gasteiger partial charge in [-0.3, -0.25) is 0 Å². The summed E-state index contributed by atoms with van der Waals surface area (Å²) < 4.78 is 5.93. The van der Waals surface area contributed by atoms with E-state index in [0.29, 0.717) is 22.9 Å². The van der Waals surface area contributed by atoms with E-state index in [0.717, 1.165) is 42.6 Å². The van der Waals surface area contributed by atoms with Crippen LogP contribution in [0, 0.1) is 46.3 Å². The Balaban J connectivity index is 1.32. The maximum absolute atomic E-state index is 11.4.